The normalized spacial score (nSPS) is 16.9. The van der Waals surface area contributed by atoms with Gasteiger partial charge in [-0.3, -0.25) is 19.8 Å². The molecule has 19 heavy (non-hydrogen) atoms. The van der Waals surface area contributed by atoms with E-state index in [1.54, 1.807) is 13.0 Å². The van der Waals surface area contributed by atoms with E-state index in [0.29, 0.717) is 5.56 Å². The monoisotopic (exact) mass is 261 g/mol. The fraction of sp³-hybridized carbons (Fsp3) is 0.167. The number of carbonyl (C=O) groups excluding carboxylic acids is 2. The molecule has 1 saturated heterocycles. The quantitative estimate of drug-likeness (QED) is 0.386. The zero-order valence-electron chi connectivity index (χ0n) is 10.1. The summed E-state index contributed by atoms with van der Waals surface area (Å²) in [6, 6.07) is 5.34. The van der Waals surface area contributed by atoms with Crippen molar-refractivity contribution in [3.8, 4) is 0 Å². The molecule has 0 radical (unpaired) electrons. The van der Waals surface area contributed by atoms with E-state index in [1.807, 2.05) is 0 Å². The first-order chi connectivity index (χ1) is 9.02. The number of amides is 3. The molecule has 1 aromatic carbocycles. The van der Waals surface area contributed by atoms with Gasteiger partial charge in [0.05, 0.1) is 4.92 Å². The third-order valence-electron chi connectivity index (χ3n) is 2.67. The van der Waals surface area contributed by atoms with Crippen molar-refractivity contribution in [2.75, 3.05) is 6.54 Å². The first-order valence-electron chi connectivity index (χ1n) is 5.62. The number of nitro benzene ring substituents is 1. The summed E-state index contributed by atoms with van der Waals surface area (Å²) in [6.07, 6.45) is 1.42. The van der Waals surface area contributed by atoms with E-state index in [4.69, 9.17) is 0 Å². The van der Waals surface area contributed by atoms with Crippen molar-refractivity contribution in [1.82, 2.24) is 10.2 Å². The number of urea groups is 1. The minimum Gasteiger partial charge on any atom is -0.303 e. The zero-order chi connectivity index (χ0) is 14.0. The van der Waals surface area contributed by atoms with Gasteiger partial charge in [-0.2, -0.15) is 0 Å². The fourth-order valence-corrected chi connectivity index (χ4v) is 1.75. The van der Waals surface area contributed by atoms with Gasteiger partial charge in [0.2, 0.25) is 0 Å². The highest BCUT2D eigenvalue weighted by atomic mass is 16.6. The van der Waals surface area contributed by atoms with Gasteiger partial charge < -0.3 is 5.32 Å². The molecule has 0 saturated carbocycles. The second-order valence-corrected chi connectivity index (χ2v) is 3.89. The number of hydrogen-bond acceptors (Lipinski definition) is 4. The Morgan fingerprint density at radius 2 is 2.16 bits per heavy atom. The van der Waals surface area contributed by atoms with Crippen molar-refractivity contribution in [2.45, 2.75) is 6.92 Å². The van der Waals surface area contributed by atoms with Crippen LogP contribution in [-0.2, 0) is 4.79 Å². The van der Waals surface area contributed by atoms with Gasteiger partial charge in [0.1, 0.15) is 5.70 Å². The van der Waals surface area contributed by atoms with Crippen molar-refractivity contribution >= 4 is 23.7 Å². The van der Waals surface area contributed by atoms with Crippen LogP contribution in [0.1, 0.15) is 12.5 Å². The number of likely N-dealkylation sites (N-methyl/N-ethyl adjacent to an activating group) is 1. The van der Waals surface area contributed by atoms with E-state index in [2.05, 4.69) is 5.32 Å². The third kappa shape index (κ3) is 2.44. The Kier molecular flexibility index (Phi) is 3.28. The van der Waals surface area contributed by atoms with Crippen molar-refractivity contribution < 1.29 is 14.5 Å². The van der Waals surface area contributed by atoms with Crippen LogP contribution in [-0.4, -0.2) is 28.3 Å². The molecule has 1 heterocycles. The lowest BCUT2D eigenvalue weighted by atomic mass is 10.1. The molecule has 0 unspecified atom stereocenters. The Hall–Kier alpha value is -2.70. The predicted octanol–water partition coefficient (Wildman–Crippen LogP) is 1.51. The number of benzene rings is 1. The number of nitro groups is 1. The molecule has 1 aliphatic heterocycles. The second-order valence-electron chi connectivity index (χ2n) is 3.89. The molecule has 0 aromatic heterocycles. The third-order valence-corrected chi connectivity index (χ3v) is 2.67. The minimum atomic E-state index is -0.518. The first-order valence-corrected chi connectivity index (χ1v) is 5.62. The predicted molar refractivity (Wildman–Crippen MR) is 67.0 cm³/mol. The van der Waals surface area contributed by atoms with E-state index in [-0.39, 0.29) is 17.9 Å². The average Bonchev–Trinajstić information content (AvgIpc) is 2.64. The summed E-state index contributed by atoms with van der Waals surface area (Å²) in [4.78, 5) is 34.4. The maximum Gasteiger partial charge on any atom is 0.328 e. The van der Waals surface area contributed by atoms with Gasteiger partial charge in [0.15, 0.2) is 0 Å². The van der Waals surface area contributed by atoms with Gasteiger partial charge in [-0.25, -0.2) is 4.79 Å². The van der Waals surface area contributed by atoms with Crippen LogP contribution in [0.4, 0.5) is 10.5 Å². The summed E-state index contributed by atoms with van der Waals surface area (Å²) in [5, 5.41) is 13.1. The van der Waals surface area contributed by atoms with Gasteiger partial charge in [0.25, 0.3) is 11.6 Å². The van der Waals surface area contributed by atoms with Gasteiger partial charge in [-0.15, -0.1) is 0 Å². The number of nitrogens with zero attached hydrogens (tertiary/aromatic N) is 2. The van der Waals surface area contributed by atoms with Crippen molar-refractivity contribution in [2.24, 2.45) is 0 Å². The van der Waals surface area contributed by atoms with Crippen LogP contribution in [0.3, 0.4) is 0 Å². The van der Waals surface area contributed by atoms with Gasteiger partial charge in [-0.05, 0) is 18.6 Å². The molecule has 0 spiro atoms. The highest BCUT2D eigenvalue weighted by Crippen LogP contribution is 2.17. The topological polar surface area (TPSA) is 92.6 Å². The van der Waals surface area contributed by atoms with Gasteiger partial charge in [0, 0.05) is 18.7 Å². The number of imide groups is 1. The van der Waals surface area contributed by atoms with Crippen molar-refractivity contribution in [1.29, 1.82) is 0 Å². The standard InChI is InChI=1S/C12H11N3O4/c1-2-14-11(16)10(13-12(14)17)7-8-4-3-5-9(6-8)15(18)19/h3-7H,2H2,1H3,(H,13,17)/b10-7+. The Morgan fingerprint density at radius 1 is 1.42 bits per heavy atom. The number of carbonyl (C=O) groups is 2. The Balaban J connectivity index is 2.32. The Labute approximate surface area is 108 Å². The lowest BCUT2D eigenvalue weighted by molar-refractivity contribution is -0.384. The molecule has 1 aliphatic rings. The molecule has 7 heteroatoms. The molecule has 1 aromatic rings. The minimum absolute atomic E-state index is 0.0709. The highest BCUT2D eigenvalue weighted by molar-refractivity contribution is 6.13. The molecular formula is C12H11N3O4. The summed E-state index contributed by atoms with van der Waals surface area (Å²) in [5.74, 6) is -0.431. The number of non-ortho nitro benzene ring substituents is 1. The fourth-order valence-electron chi connectivity index (χ4n) is 1.75. The summed E-state index contributed by atoms with van der Waals surface area (Å²) < 4.78 is 0. The van der Waals surface area contributed by atoms with E-state index in [9.17, 15) is 19.7 Å². The maximum atomic E-state index is 11.8. The van der Waals surface area contributed by atoms with Crippen molar-refractivity contribution in [3.63, 3.8) is 0 Å². The summed E-state index contributed by atoms with van der Waals surface area (Å²) in [5.41, 5.74) is 0.529. The molecule has 98 valence electrons. The smallest absolute Gasteiger partial charge is 0.303 e. The molecule has 1 N–H and O–H groups in total. The summed E-state index contributed by atoms with van der Waals surface area (Å²) >= 11 is 0. The maximum absolute atomic E-state index is 11.8. The van der Waals surface area contributed by atoms with E-state index >= 15 is 0 Å². The zero-order valence-corrected chi connectivity index (χ0v) is 10.1. The first kappa shape index (κ1) is 12.7. The van der Waals surface area contributed by atoms with E-state index < -0.39 is 16.9 Å². The number of rotatable bonds is 3. The molecule has 1 fully saturated rings. The largest absolute Gasteiger partial charge is 0.328 e. The molecule has 2 rings (SSSR count). The van der Waals surface area contributed by atoms with Crippen LogP contribution < -0.4 is 5.32 Å². The van der Waals surface area contributed by atoms with Gasteiger partial charge >= 0.3 is 6.03 Å². The van der Waals surface area contributed by atoms with Crippen LogP contribution in [0.15, 0.2) is 30.0 Å². The van der Waals surface area contributed by atoms with Crippen molar-refractivity contribution in [3.05, 3.63) is 45.6 Å². The molecule has 7 nitrogen and oxygen atoms in total. The Morgan fingerprint density at radius 3 is 2.74 bits per heavy atom. The summed E-state index contributed by atoms with van der Waals surface area (Å²) in [6.45, 7) is 1.96. The van der Waals surface area contributed by atoms with Crippen LogP contribution in [0.2, 0.25) is 0 Å². The van der Waals surface area contributed by atoms with Gasteiger partial charge in [-0.1, -0.05) is 12.1 Å². The number of hydrogen-bond donors (Lipinski definition) is 1. The highest BCUT2D eigenvalue weighted by Gasteiger charge is 2.31. The van der Waals surface area contributed by atoms with E-state index in [1.165, 1.54) is 24.3 Å². The lowest BCUT2D eigenvalue weighted by Gasteiger charge is -2.05. The van der Waals surface area contributed by atoms with Crippen LogP contribution >= 0.6 is 0 Å². The lowest BCUT2D eigenvalue weighted by Crippen LogP contribution is -2.30. The van der Waals surface area contributed by atoms with Crippen LogP contribution in [0, 0.1) is 10.1 Å². The average molecular weight is 261 g/mol. The molecular weight excluding hydrogens is 250 g/mol. The molecule has 3 amide bonds. The number of nitrogens with one attached hydrogen (secondary N) is 1. The molecule has 0 bridgehead atoms. The summed E-state index contributed by atoms with van der Waals surface area (Å²) in [7, 11) is 0. The molecule has 0 atom stereocenters. The van der Waals surface area contributed by atoms with E-state index in [0.717, 1.165) is 4.90 Å². The SMILES string of the molecule is CCN1C(=O)N/C(=C/c2cccc([N+](=O)[O-])c2)C1=O. The Bertz CT molecular complexity index is 594. The second kappa shape index (κ2) is 4.89. The molecule has 0 aliphatic carbocycles. The van der Waals surface area contributed by atoms with Crippen LogP contribution in [0.25, 0.3) is 6.08 Å². The van der Waals surface area contributed by atoms with Crippen LogP contribution in [0.5, 0.6) is 0 Å².